The van der Waals surface area contributed by atoms with E-state index in [1.165, 1.54) is 26.4 Å². The van der Waals surface area contributed by atoms with Gasteiger partial charge in [0.15, 0.2) is 0 Å². The van der Waals surface area contributed by atoms with Crippen LogP contribution in [-0.4, -0.2) is 30.3 Å². The highest BCUT2D eigenvalue weighted by atomic mass is 35.5. The van der Waals surface area contributed by atoms with Crippen LogP contribution in [0, 0.1) is 0 Å². The van der Waals surface area contributed by atoms with Crippen LogP contribution < -0.4 is 14.8 Å². The summed E-state index contributed by atoms with van der Waals surface area (Å²) >= 11 is 6.10. The average molecular weight is 309 g/mol. The lowest BCUT2D eigenvalue weighted by molar-refractivity contribution is 0.0693. The molecule has 110 valence electrons. The van der Waals surface area contributed by atoms with E-state index in [2.05, 4.69) is 10.3 Å². The van der Waals surface area contributed by atoms with Crippen LogP contribution in [0.15, 0.2) is 30.5 Å². The van der Waals surface area contributed by atoms with Crippen molar-refractivity contribution in [2.75, 3.05) is 19.5 Å². The summed E-state index contributed by atoms with van der Waals surface area (Å²) in [6, 6.07) is 6.28. The number of hydrogen-bond donors (Lipinski definition) is 2. The molecule has 7 heteroatoms. The summed E-state index contributed by atoms with van der Waals surface area (Å²) in [6.45, 7) is 0. The molecule has 0 radical (unpaired) electrons. The molecule has 1 aromatic heterocycles. The highest BCUT2D eigenvalue weighted by Crippen LogP contribution is 2.33. The normalized spacial score (nSPS) is 10.0. The largest absolute Gasteiger partial charge is 0.496 e. The van der Waals surface area contributed by atoms with Gasteiger partial charge in [0.1, 0.15) is 11.3 Å². The number of rotatable bonds is 5. The van der Waals surface area contributed by atoms with Crippen LogP contribution in [0.5, 0.6) is 11.6 Å². The first-order chi connectivity index (χ1) is 10.0. The van der Waals surface area contributed by atoms with Gasteiger partial charge in [0.05, 0.1) is 24.9 Å². The van der Waals surface area contributed by atoms with E-state index < -0.39 is 5.97 Å². The first kappa shape index (κ1) is 14.9. The zero-order valence-electron chi connectivity index (χ0n) is 11.4. The summed E-state index contributed by atoms with van der Waals surface area (Å²) in [7, 11) is 2.92. The van der Waals surface area contributed by atoms with Crippen LogP contribution in [-0.2, 0) is 0 Å². The Morgan fingerprint density at radius 3 is 2.67 bits per heavy atom. The third-order valence-electron chi connectivity index (χ3n) is 2.74. The molecule has 0 saturated carbocycles. The molecule has 0 fully saturated rings. The van der Waals surface area contributed by atoms with Crippen molar-refractivity contribution in [1.82, 2.24) is 4.98 Å². The number of nitrogens with zero attached hydrogens (tertiary/aromatic N) is 1. The van der Waals surface area contributed by atoms with Gasteiger partial charge < -0.3 is 19.9 Å². The maximum atomic E-state index is 11.1. The second kappa shape index (κ2) is 6.32. The molecule has 2 rings (SSSR count). The van der Waals surface area contributed by atoms with E-state index >= 15 is 0 Å². The Morgan fingerprint density at radius 2 is 2.05 bits per heavy atom. The molecule has 0 bridgehead atoms. The van der Waals surface area contributed by atoms with Gasteiger partial charge in [0.25, 0.3) is 0 Å². The number of carbonyl (C=O) groups is 1. The fraction of sp³-hybridized carbons (Fsp3) is 0.143. The van der Waals surface area contributed by atoms with Crippen molar-refractivity contribution in [3.8, 4) is 11.6 Å². The molecule has 1 heterocycles. The molecule has 2 aromatic rings. The van der Waals surface area contributed by atoms with Gasteiger partial charge in [-0.2, -0.15) is 0 Å². The maximum absolute atomic E-state index is 11.1. The van der Waals surface area contributed by atoms with E-state index in [-0.39, 0.29) is 16.3 Å². The molecule has 6 nitrogen and oxygen atoms in total. The number of pyridine rings is 1. The third kappa shape index (κ3) is 3.35. The molecular weight excluding hydrogens is 296 g/mol. The van der Waals surface area contributed by atoms with Crippen molar-refractivity contribution in [2.45, 2.75) is 0 Å². The quantitative estimate of drug-likeness (QED) is 0.883. The van der Waals surface area contributed by atoms with E-state index in [9.17, 15) is 4.79 Å². The molecule has 0 aliphatic heterocycles. The Hall–Kier alpha value is -2.47. The lowest BCUT2D eigenvalue weighted by atomic mass is 10.1. The van der Waals surface area contributed by atoms with Crippen LogP contribution in [0.2, 0.25) is 5.02 Å². The van der Waals surface area contributed by atoms with Gasteiger partial charge in [0, 0.05) is 24.0 Å². The summed E-state index contributed by atoms with van der Waals surface area (Å²) in [5, 5.41) is 12.4. The Kier molecular flexibility index (Phi) is 4.49. The van der Waals surface area contributed by atoms with E-state index in [0.717, 1.165) is 0 Å². The Balaban J connectivity index is 2.37. The van der Waals surface area contributed by atoms with Gasteiger partial charge in [-0.1, -0.05) is 11.6 Å². The van der Waals surface area contributed by atoms with Crippen molar-refractivity contribution in [3.63, 3.8) is 0 Å². The van der Waals surface area contributed by atoms with Crippen LogP contribution in [0.4, 0.5) is 11.4 Å². The van der Waals surface area contributed by atoms with E-state index in [1.807, 2.05) is 0 Å². The molecule has 2 N–H and O–H groups in total. The molecule has 0 aliphatic carbocycles. The molecule has 0 atom stereocenters. The van der Waals surface area contributed by atoms with E-state index in [0.29, 0.717) is 17.3 Å². The van der Waals surface area contributed by atoms with Crippen LogP contribution >= 0.6 is 11.6 Å². The van der Waals surface area contributed by atoms with Crippen LogP contribution in [0.25, 0.3) is 0 Å². The Bertz CT molecular complexity index is 676. The molecular formula is C14H13ClN2O4. The zero-order valence-corrected chi connectivity index (χ0v) is 12.1. The summed E-state index contributed by atoms with van der Waals surface area (Å²) in [5.74, 6) is -0.438. The number of anilines is 2. The van der Waals surface area contributed by atoms with Gasteiger partial charge in [-0.05, 0) is 12.1 Å². The molecule has 0 amide bonds. The smallest absolute Gasteiger partial charge is 0.339 e. The molecule has 1 aromatic carbocycles. The predicted octanol–water partition coefficient (Wildman–Crippen LogP) is 3.19. The molecule has 0 spiro atoms. The number of carboxylic acid groups (broad SMARTS) is 1. The Labute approximate surface area is 126 Å². The highest BCUT2D eigenvalue weighted by Gasteiger charge is 2.15. The topological polar surface area (TPSA) is 80.7 Å². The van der Waals surface area contributed by atoms with Crippen LogP contribution in [0.3, 0.4) is 0 Å². The predicted molar refractivity (Wildman–Crippen MR) is 79.0 cm³/mol. The zero-order chi connectivity index (χ0) is 15.4. The number of hydrogen-bond acceptors (Lipinski definition) is 5. The van der Waals surface area contributed by atoms with Crippen LogP contribution in [0.1, 0.15) is 10.4 Å². The molecule has 21 heavy (non-hydrogen) atoms. The number of benzene rings is 1. The van der Waals surface area contributed by atoms with Crippen molar-refractivity contribution >= 4 is 28.9 Å². The number of aromatic carboxylic acids is 1. The number of ether oxygens (including phenoxy) is 2. The summed E-state index contributed by atoms with van der Waals surface area (Å²) < 4.78 is 10.1. The van der Waals surface area contributed by atoms with Gasteiger partial charge in [-0.3, -0.25) is 0 Å². The number of nitrogens with one attached hydrogen (secondary N) is 1. The van der Waals surface area contributed by atoms with Crippen molar-refractivity contribution < 1.29 is 19.4 Å². The Morgan fingerprint density at radius 1 is 1.29 bits per heavy atom. The summed E-state index contributed by atoms with van der Waals surface area (Å²) in [5.41, 5.74) is 1.22. The summed E-state index contributed by atoms with van der Waals surface area (Å²) in [4.78, 5) is 15.1. The lowest BCUT2D eigenvalue weighted by Crippen LogP contribution is -2.02. The van der Waals surface area contributed by atoms with Gasteiger partial charge >= 0.3 is 5.97 Å². The second-order valence-corrected chi connectivity index (χ2v) is 4.46. The van der Waals surface area contributed by atoms with Gasteiger partial charge in [0.2, 0.25) is 5.88 Å². The first-order valence-corrected chi connectivity index (χ1v) is 6.31. The number of methoxy groups -OCH3 is 2. The monoisotopic (exact) mass is 308 g/mol. The van der Waals surface area contributed by atoms with E-state index in [4.69, 9.17) is 26.2 Å². The van der Waals surface area contributed by atoms with Gasteiger partial charge in [-0.25, -0.2) is 9.78 Å². The van der Waals surface area contributed by atoms with Crippen molar-refractivity contribution in [3.05, 3.63) is 41.0 Å². The maximum Gasteiger partial charge on any atom is 0.339 e. The number of aromatic nitrogens is 1. The minimum absolute atomic E-state index is 0.000332. The van der Waals surface area contributed by atoms with Crippen molar-refractivity contribution in [1.29, 1.82) is 0 Å². The summed E-state index contributed by atoms with van der Waals surface area (Å²) in [6.07, 6.45) is 1.58. The lowest BCUT2D eigenvalue weighted by Gasteiger charge is -2.12. The van der Waals surface area contributed by atoms with E-state index in [1.54, 1.807) is 18.3 Å². The number of carboxylic acids is 1. The third-order valence-corrected chi connectivity index (χ3v) is 3.06. The minimum atomic E-state index is -1.11. The fourth-order valence-corrected chi connectivity index (χ4v) is 1.95. The molecule has 0 saturated heterocycles. The minimum Gasteiger partial charge on any atom is -0.496 e. The molecule has 0 unspecified atom stereocenters. The average Bonchev–Trinajstić information content (AvgIpc) is 2.49. The standard InChI is InChI=1S/C14H13ClN2O4/c1-20-12-7-11(10(15)6-9(12)14(18)19)17-8-3-4-16-13(5-8)21-2/h3-7H,1-2H3,(H,16,17)(H,18,19). The fourth-order valence-electron chi connectivity index (χ4n) is 1.74. The van der Waals surface area contributed by atoms with Crippen molar-refractivity contribution in [2.24, 2.45) is 0 Å². The van der Waals surface area contributed by atoms with Gasteiger partial charge in [-0.15, -0.1) is 0 Å². The second-order valence-electron chi connectivity index (χ2n) is 4.05. The molecule has 0 aliphatic rings. The first-order valence-electron chi connectivity index (χ1n) is 5.93. The number of halogens is 1. The highest BCUT2D eigenvalue weighted by molar-refractivity contribution is 6.33. The SMILES string of the molecule is COc1cc(Nc2cc(OC)c(C(=O)O)cc2Cl)ccn1.